The second kappa shape index (κ2) is 6.68. The molecule has 0 fully saturated rings. The number of hydrogen-bond donors (Lipinski definition) is 1. The molecule has 0 atom stereocenters. The molecule has 4 heteroatoms. The Bertz CT molecular complexity index is 620. The number of rotatable bonds is 5. The molecule has 0 aromatic heterocycles. The Morgan fingerprint density at radius 3 is 2.29 bits per heavy atom. The molecular formula is C17H18N2OS. The van der Waals surface area contributed by atoms with Crippen LogP contribution in [-0.4, -0.2) is 26.0 Å². The number of amidine groups is 1. The Morgan fingerprint density at radius 1 is 1.05 bits per heavy atom. The number of nitrogens with one attached hydrogen (secondary N) is 1. The molecular weight excluding hydrogens is 280 g/mol. The summed E-state index contributed by atoms with van der Waals surface area (Å²) in [5, 5.41) is 3.30. The molecule has 0 amide bonds. The number of aliphatic imine (C=N–C) groups is 1. The molecule has 0 spiro atoms. The van der Waals surface area contributed by atoms with Gasteiger partial charge in [-0.15, -0.1) is 0 Å². The minimum atomic E-state index is 0.888. The van der Waals surface area contributed by atoms with E-state index in [1.807, 2.05) is 12.1 Å². The quantitative estimate of drug-likeness (QED) is 0.918. The minimum absolute atomic E-state index is 0.888. The van der Waals surface area contributed by atoms with Gasteiger partial charge in [0.1, 0.15) is 11.6 Å². The highest BCUT2D eigenvalue weighted by Gasteiger charge is 2.06. The first-order chi connectivity index (χ1) is 10.3. The van der Waals surface area contributed by atoms with E-state index < -0.39 is 0 Å². The first-order valence-corrected chi connectivity index (χ1v) is 7.83. The fourth-order valence-corrected chi connectivity index (χ4v) is 3.03. The van der Waals surface area contributed by atoms with Crippen LogP contribution in [0.2, 0.25) is 0 Å². The van der Waals surface area contributed by atoms with Gasteiger partial charge in [0.2, 0.25) is 0 Å². The summed E-state index contributed by atoms with van der Waals surface area (Å²) in [6, 6.07) is 16.8. The molecule has 0 unspecified atom stereocenters. The molecule has 0 saturated heterocycles. The van der Waals surface area contributed by atoms with Gasteiger partial charge in [-0.2, -0.15) is 0 Å². The van der Waals surface area contributed by atoms with Gasteiger partial charge in [0.15, 0.2) is 0 Å². The van der Waals surface area contributed by atoms with Crippen LogP contribution >= 0.6 is 11.8 Å². The first kappa shape index (κ1) is 14.0. The highest BCUT2D eigenvalue weighted by molar-refractivity contribution is 7.99. The first-order valence-electron chi connectivity index (χ1n) is 7.01. The van der Waals surface area contributed by atoms with Crippen molar-refractivity contribution in [3.05, 3.63) is 54.1 Å². The van der Waals surface area contributed by atoms with Crippen molar-refractivity contribution in [2.75, 3.05) is 20.2 Å². The third kappa shape index (κ3) is 3.79. The maximum absolute atomic E-state index is 5.17. The van der Waals surface area contributed by atoms with Crippen molar-refractivity contribution < 1.29 is 4.74 Å². The van der Waals surface area contributed by atoms with Crippen molar-refractivity contribution in [3.63, 3.8) is 0 Å². The van der Waals surface area contributed by atoms with Crippen molar-refractivity contribution in [2.24, 2.45) is 4.99 Å². The van der Waals surface area contributed by atoms with Gasteiger partial charge in [0, 0.05) is 22.8 Å². The fraction of sp³-hybridized carbons (Fsp3) is 0.235. The minimum Gasteiger partial charge on any atom is -0.497 e. The molecule has 1 aliphatic heterocycles. The fourth-order valence-electron chi connectivity index (χ4n) is 2.21. The smallest absolute Gasteiger partial charge is 0.118 e. The summed E-state index contributed by atoms with van der Waals surface area (Å²) < 4.78 is 5.17. The Kier molecular flexibility index (Phi) is 4.46. The molecule has 0 aliphatic carbocycles. The topological polar surface area (TPSA) is 33.6 Å². The van der Waals surface area contributed by atoms with E-state index in [4.69, 9.17) is 4.74 Å². The zero-order chi connectivity index (χ0) is 14.5. The third-order valence-electron chi connectivity index (χ3n) is 3.33. The molecule has 108 valence electrons. The molecule has 0 saturated carbocycles. The van der Waals surface area contributed by atoms with Gasteiger partial charge in [-0.05, 0) is 42.0 Å². The molecule has 3 rings (SSSR count). The summed E-state index contributed by atoms with van der Waals surface area (Å²) in [7, 11) is 1.68. The third-order valence-corrected chi connectivity index (χ3v) is 4.35. The van der Waals surface area contributed by atoms with Gasteiger partial charge in [-0.3, -0.25) is 4.99 Å². The van der Waals surface area contributed by atoms with Gasteiger partial charge in [0.25, 0.3) is 0 Å². The number of hydrogen-bond acceptors (Lipinski definition) is 4. The SMILES string of the molecule is COc1ccc(Sc2ccc(CC3=NCCN3)cc2)cc1. The lowest BCUT2D eigenvalue weighted by molar-refractivity contribution is 0.414. The van der Waals surface area contributed by atoms with Crippen molar-refractivity contribution >= 4 is 17.6 Å². The molecule has 2 aromatic rings. The Labute approximate surface area is 129 Å². The monoisotopic (exact) mass is 298 g/mol. The normalized spacial score (nSPS) is 13.7. The lowest BCUT2D eigenvalue weighted by Gasteiger charge is -2.06. The van der Waals surface area contributed by atoms with Crippen LogP contribution in [0.25, 0.3) is 0 Å². The zero-order valence-corrected chi connectivity index (χ0v) is 12.8. The molecule has 21 heavy (non-hydrogen) atoms. The van der Waals surface area contributed by atoms with Gasteiger partial charge in [0.05, 0.1) is 13.7 Å². The van der Waals surface area contributed by atoms with Crippen LogP contribution < -0.4 is 10.1 Å². The van der Waals surface area contributed by atoms with Crippen LogP contribution in [0.15, 0.2) is 63.3 Å². The average Bonchev–Trinajstić information content (AvgIpc) is 3.03. The van der Waals surface area contributed by atoms with Crippen LogP contribution in [0, 0.1) is 0 Å². The molecule has 0 radical (unpaired) electrons. The maximum atomic E-state index is 5.17. The zero-order valence-electron chi connectivity index (χ0n) is 12.0. The van der Waals surface area contributed by atoms with Crippen LogP contribution in [0.3, 0.4) is 0 Å². The number of methoxy groups -OCH3 is 1. The summed E-state index contributed by atoms with van der Waals surface area (Å²) in [6.45, 7) is 1.88. The summed E-state index contributed by atoms with van der Waals surface area (Å²) in [4.78, 5) is 6.88. The van der Waals surface area contributed by atoms with Crippen molar-refractivity contribution in [2.45, 2.75) is 16.2 Å². The molecule has 0 bridgehead atoms. The average molecular weight is 298 g/mol. The predicted octanol–water partition coefficient (Wildman–Crippen LogP) is 3.39. The van der Waals surface area contributed by atoms with Crippen LogP contribution in [0.1, 0.15) is 5.56 Å². The van der Waals surface area contributed by atoms with Crippen LogP contribution in [0.5, 0.6) is 5.75 Å². The number of benzene rings is 2. The lowest BCUT2D eigenvalue weighted by Crippen LogP contribution is -2.20. The standard InChI is InChI=1S/C17H18N2OS/c1-20-14-4-8-16(9-5-14)21-15-6-2-13(3-7-15)12-17-18-10-11-19-17/h2-9H,10-12H2,1H3,(H,18,19). The summed E-state index contributed by atoms with van der Waals surface area (Å²) in [5.41, 5.74) is 1.29. The lowest BCUT2D eigenvalue weighted by atomic mass is 10.1. The van der Waals surface area contributed by atoms with E-state index in [2.05, 4.69) is 46.7 Å². The van der Waals surface area contributed by atoms with Crippen molar-refractivity contribution in [3.8, 4) is 5.75 Å². The molecule has 1 heterocycles. The van der Waals surface area contributed by atoms with Gasteiger partial charge in [-0.1, -0.05) is 23.9 Å². The van der Waals surface area contributed by atoms with E-state index in [1.165, 1.54) is 15.4 Å². The summed E-state index contributed by atoms with van der Waals surface area (Å²) in [6.07, 6.45) is 0.896. The van der Waals surface area contributed by atoms with Crippen LogP contribution in [0.4, 0.5) is 0 Å². The second-order valence-electron chi connectivity index (χ2n) is 4.85. The van der Waals surface area contributed by atoms with Crippen molar-refractivity contribution in [1.29, 1.82) is 0 Å². The van der Waals surface area contributed by atoms with E-state index >= 15 is 0 Å². The van der Waals surface area contributed by atoms with E-state index in [0.29, 0.717) is 0 Å². The summed E-state index contributed by atoms with van der Waals surface area (Å²) in [5.74, 6) is 1.99. The number of nitrogens with zero attached hydrogens (tertiary/aromatic N) is 1. The molecule has 1 N–H and O–H groups in total. The highest BCUT2D eigenvalue weighted by Crippen LogP contribution is 2.29. The summed E-state index contributed by atoms with van der Waals surface area (Å²) >= 11 is 1.76. The van der Waals surface area contributed by atoms with Crippen molar-refractivity contribution in [1.82, 2.24) is 5.32 Å². The highest BCUT2D eigenvalue weighted by atomic mass is 32.2. The Hall–Kier alpha value is -1.94. The van der Waals surface area contributed by atoms with Gasteiger partial charge in [-0.25, -0.2) is 0 Å². The van der Waals surface area contributed by atoms with E-state index in [0.717, 1.165) is 31.1 Å². The van der Waals surface area contributed by atoms with Crippen LogP contribution in [-0.2, 0) is 6.42 Å². The maximum Gasteiger partial charge on any atom is 0.118 e. The molecule has 2 aromatic carbocycles. The predicted molar refractivity (Wildman–Crippen MR) is 87.6 cm³/mol. The largest absolute Gasteiger partial charge is 0.497 e. The van der Waals surface area contributed by atoms with Gasteiger partial charge < -0.3 is 10.1 Å². The molecule has 1 aliphatic rings. The van der Waals surface area contributed by atoms with Gasteiger partial charge >= 0.3 is 0 Å². The van der Waals surface area contributed by atoms with E-state index in [9.17, 15) is 0 Å². The number of ether oxygens (including phenoxy) is 1. The second-order valence-corrected chi connectivity index (χ2v) is 6.00. The molecule has 3 nitrogen and oxygen atoms in total. The Balaban J connectivity index is 1.63. The van der Waals surface area contributed by atoms with E-state index in [-0.39, 0.29) is 0 Å². The Morgan fingerprint density at radius 2 is 1.71 bits per heavy atom. The van der Waals surface area contributed by atoms with E-state index in [1.54, 1.807) is 18.9 Å².